The zero-order valence-corrected chi connectivity index (χ0v) is 14.7. The minimum Gasteiger partial charge on any atom is -0.350 e. The van der Waals surface area contributed by atoms with Gasteiger partial charge in [-0.3, -0.25) is 9.59 Å². The van der Waals surface area contributed by atoms with Crippen molar-refractivity contribution in [2.24, 2.45) is 0 Å². The van der Waals surface area contributed by atoms with E-state index in [-0.39, 0.29) is 29.8 Å². The third kappa shape index (κ3) is 4.57. The zero-order valence-electron chi connectivity index (χ0n) is 14.7. The Morgan fingerprint density at radius 3 is 2.61 bits per heavy atom. The predicted octanol–water partition coefficient (Wildman–Crippen LogP) is 2.87. The molecule has 0 fully saturated rings. The van der Waals surface area contributed by atoms with Gasteiger partial charge in [-0.15, -0.1) is 0 Å². The summed E-state index contributed by atoms with van der Waals surface area (Å²) in [5.74, 6) is -0.136. The van der Waals surface area contributed by atoms with Crippen LogP contribution in [0.3, 0.4) is 0 Å². The first-order valence-corrected chi connectivity index (χ1v) is 8.49. The van der Waals surface area contributed by atoms with Gasteiger partial charge in [0.1, 0.15) is 0 Å². The molecule has 1 aliphatic rings. The van der Waals surface area contributed by atoms with Crippen LogP contribution in [0.4, 0.5) is 0 Å². The van der Waals surface area contributed by atoms with Crippen LogP contribution in [0.2, 0.25) is 0 Å². The van der Waals surface area contributed by atoms with Crippen molar-refractivity contribution < 1.29 is 9.59 Å². The number of benzene rings is 1. The number of carbonyl (C=O) groups excluding carboxylic acids is 2. The van der Waals surface area contributed by atoms with Crippen molar-refractivity contribution in [3.8, 4) is 0 Å². The number of hydrogen-bond acceptors (Lipinski definition) is 2. The van der Waals surface area contributed by atoms with Crippen molar-refractivity contribution in [1.82, 2.24) is 10.2 Å². The molecule has 0 spiro atoms. The summed E-state index contributed by atoms with van der Waals surface area (Å²) in [4.78, 5) is 26.8. The van der Waals surface area contributed by atoms with Crippen LogP contribution in [0.5, 0.6) is 0 Å². The van der Waals surface area contributed by atoms with Crippen molar-refractivity contribution >= 4 is 11.8 Å². The summed E-state index contributed by atoms with van der Waals surface area (Å²) in [5.41, 5.74) is 2.13. The minimum atomic E-state index is -0.281. The first kappa shape index (κ1) is 17.5. The second-order valence-corrected chi connectivity index (χ2v) is 7.29. The lowest BCUT2D eigenvalue weighted by atomic mass is 9.82. The largest absolute Gasteiger partial charge is 0.350 e. The summed E-state index contributed by atoms with van der Waals surface area (Å²) in [5, 5.41) is 2.93. The Kier molecular flexibility index (Phi) is 5.45. The molecule has 0 saturated heterocycles. The quantitative estimate of drug-likeness (QED) is 0.928. The van der Waals surface area contributed by atoms with E-state index in [2.05, 4.69) is 17.4 Å². The molecule has 0 aromatic heterocycles. The van der Waals surface area contributed by atoms with E-state index in [9.17, 15) is 9.59 Å². The van der Waals surface area contributed by atoms with Crippen molar-refractivity contribution in [2.75, 3.05) is 13.1 Å². The molecular formula is C19H28N2O2. The van der Waals surface area contributed by atoms with Crippen molar-refractivity contribution in [2.45, 2.75) is 58.4 Å². The maximum atomic E-state index is 12.9. The molecule has 2 rings (SSSR count). The van der Waals surface area contributed by atoms with E-state index in [0.717, 1.165) is 24.8 Å². The van der Waals surface area contributed by atoms with E-state index < -0.39 is 0 Å². The molecule has 0 saturated carbocycles. The molecule has 2 amide bonds. The molecule has 1 aliphatic carbocycles. The number of likely N-dealkylation sites (N-methyl/N-ethyl adjacent to an activating group) is 1. The van der Waals surface area contributed by atoms with E-state index in [1.807, 2.05) is 39.8 Å². The molecule has 0 aliphatic heterocycles. The van der Waals surface area contributed by atoms with E-state index in [1.165, 1.54) is 5.56 Å². The minimum absolute atomic E-state index is 0.0729. The third-order valence-electron chi connectivity index (χ3n) is 4.21. The fourth-order valence-corrected chi connectivity index (χ4v) is 3.21. The van der Waals surface area contributed by atoms with Crippen LogP contribution >= 0.6 is 0 Å². The van der Waals surface area contributed by atoms with Crippen LogP contribution < -0.4 is 5.32 Å². The van der Waals surface area contributed by atoms with Gasteiger partial charge in [0.2, 0.25) is 11.8 Å². The standard InChI is InChI=1S/C19H28N2O2/c1-5-21(13-17(22)20-19(2,3)4)18(23)16-12-8-10-14-9-6-7-11-15(14)16/h6-7,9,11,16H,5,8,10,12-13H2,1-4H3,(H,20,22). The molecule has 1 aromatic carbocycles. The Balaban J connectivity index is 2.10. The van der Waals surface area contributed by atoms with E-state index >= 15 is 0 Å². The molecule has 1 unspecified atom stereocenters. The molecule has 0 bridgehead atoms. The van der Waals surface area contributed by atoms with Gasteiger partial charge in [0.05, 0.1) is 12.5 Å². The van der Waals surface area contributed by atoms with E-state index in [4.69, 9.17) is 0 Å². The van der Waals surface area contributed by atoms with Crippen LogP contribution in [-0.4, -0.2) is 35.3 Å². The molecule has 1 atom stereocenters. The average molecular weight is 316 g/mol. The highest BCUT2D eigenvalue weighted by atomic mass is 16.2. The Bertz CT molecular complexity index is 575. The molecular weight excluding hydrogens is 288 g/mol. The number of hydrogen-bond donors (Lipinski definition) is 1. The van der Waals surface area contributed by atoms with Gasteiger partial charge in [-0.2, -0.15) is 0 Å². The van der Waals surface area contributed by atoms with Gasteiger partial charge in [-0.25, -0.2) is 0 Å². The molecule has 1 aromatic rings. The average Bonchev–Trinajstić information content (AvgIpc) is 2.49. The smallest absolute Gasteiger partial charge is 0.240 e. The van der Waals surface area contributed by atoms with Gasteiger partial charge >= 0.3 is 0 Å². The lowest BCUT2D eigenvalue weighted by Crippen LogP contribution is -2.48. The zero-order chi connectivity index (χ0) is 17.0. The van der Waals surface area contributed by atoms with Gasteiger partial charge in [-0.1, -0.05) is 24.3 Å². The molecule has 126 valence electrons. The van der Waals surface area contributed by atoms with E-state index in [1.54, 1.807) is 4.90 Å². The van der Waals surface area contributed by atoms with Gasteiger partial charge in [0.15, 0.2) is 0 Å². The normalized spacial score (nSPS) is 17.3. The molecule has 4 nitrogen and oxygen atoms in total. The fourth-order valence-electron chi connectivity index (χ4n) is 3.21. The Hall–Kier alpha value is -1.84. The van der Waals surface area contributed by atoms with Crippen LogP contribution in [0.1, 0.15) is 57.6 Å². The highest BCUT2D eigenvalue weighted by molar-refractivity contribution is 5.89. The highest BCUT2D eigenvalue weighted by Gasteiger charge is 2.30. The van der Waals surface area contributed by atoms with Crippen molar-refractivity contribution in [3.05, 3.63) is 35.4 Å². The number of nitrogens with one attached hydrogen (secondary N) is 1. The van der Waals surface area contributed by atoms with Gasteiger partial charge in [-0.05, 0) is 58.1 Å². The lowest BCUT2D eigenvalue weighted by Gasteiger charge is -2.31. The maximum Gasteiger partial charge on any atom is 0.240 e. The molecule has 1 N–H and O–H groups in total. The van der Waals surface area contributed by atoms with Crippen LogP contribution in [0, 0.1) is 0 Å². The van der Waals surface area contributed by atoms with Gasteiger partial charge in [0.25, 0.3) is 0 Å². The van der Waals surface area contributed by atoms with Gasteiger partial charge in [0, 0.05) is 12.1 Å². The summed E-state index contributed by atoms with van der Waals surface area (Å²) >= 11 is 0. The first-order chi connectivity index (χ1) is 10.8. The fraction of sp³-hybridized carbons (Fsp3) is 0.579. The number of aryl methyl sites for hydroxylation is 1. The first-order valence-electron chi connectivity index (χ1n) is 8.49. The van der Waals surface area contributed by atoms with Crippen molar-refractivity contribution in [3.63, 3.8) is 0 Å². The predicted molar refractivity (Wildman–Crippen MR) is 92.3 cm³/mol. The Labute approximate surface area is 139 Å². The SMILES string of the molecule is CCN(CC(=O)NC(C)(C)C)C(=O)C1CCCc2ccccc21. The summed E-state index contributed by atoms with van der Waals surface area (Å²) in [6.45, 7) is 8.44. The number of rotatable bonds is 4. The second-order valence-electron chi connectivity index (χ2n) is 7.29. The van der Waals surface area contributed by atoms with Crippen molar-refractivity contribution in [1.29, 1.82) is 0 Å². The summed E-state index contributed by atoms with van der Waals surface area (Å²) < 4.78 is 0. The summed E-state index contributed by atoms with van der Waals surface area (Å²) in [6.07, 6.45) is 2.93. The Morgan fingerprint density at radius 1 is 1.26 bits per heavy atom. The van der Waals surface area contributed by atoms with Crippen LogP contribution in [0.25, 0.3) is 0 Å². The summed E-state index contributed by atoms with van der Waals surface area (Å²) in [7, 11) is 0. The van der Waals surface area contributed by atoms with Crippen LogP contribution in [0.15, 0.2) is 24.3 Å². The molecule has 0 heterocycles. The van der Waals surface area contributed by atoms with Crippen LogP contribution in [-0.2, 0) is 16.0 Å². The number of carbonyl (C=O) groups is 2. The molecule has 4 heteroatoms. The number of amides is 2. The number of nitrogens with zero attached hydrogens (tertiary/aromatic N) is 1. The monoisotopic (exact) mass is 316 g/mol. The third-order valence-corrected chi connectivity index (χ3v) is 4.21. The number of fused-ring (bicyclic) bond motifs is 1. The maximum absolute atomic E-state index is 12.9. The molecule has 0 radical (unpaired) electrons. The van der Waals surface area contributed by atoms with Gasteiger partial charge < -0.3 is 10.2 Å². The highest BCUT2D eigenvalue weighted by Crippen LogP contribution is 2.32. The van der Waals surface area contributed by atoms with E-state index in [0.29, 0.717) is 6.54 Å². The topological polar surface area (TPSA) is 49.4 Å². The molecule has 23 heavy (non-hydrogen) atoms. The lowest BCUT2D eigenvalue weighted by molar-refractivity contribution is -0.137. The summed E-state index contributed by atoms with van der Waals surface area (Å²) in [6, 6.07) is 8.19. The Morgan fingerprint density at radius 2 is 1.96 bits per heavy atom. The second kappa shape index (κ2) is 7.16.